The average molecular weight is 408 g/mol. The fourth-order valence-corrected chi connectivity index (χ4v) is 3.94. The summed E-state index contributed by atoms with van der Waals surface area (Å²) in [5.74, 6) is -0.602. The highest BCUT2D eigenvalue weighted by molar-refractivity contribution is 5.88. The van der Waals surface area contributed by atoms with E-state index in [4.69, 9.17) is 4.42 Å². The third-order valence-electron chi connectivity index (χ3n) is 5.15. The van der Waals surface area contributed by atoms with E-state index in [1.807, 2.05) is 71.5 Å². The molecule has 0 amide bonds. The normalized spacial score (nSPS) is 14.1. The van der Waals surface area contributed by atoms with Gasteiger partial charge in [-0.2, -0.15) is 5.10 Å². The molecule has 0 aliphatic heterocycles. The van der Waals surface area contributed by atoms with Gasteiger partial charge in [0, 0.05) is 38.2 Å². The number of benzene rings is 2. The fourth-order valence-electron chi connectivity index (χ4n) is 3.94. The van der Waals surface area contributed by atoms with Crippen LogP contribution in [0.1, 0.15) is 24.0 Å². The first-order valence-corrected chi connectivity index (χ1v) is 9.96. The van der Waals surface area contributed by atoms with Gasteiger partial charge in [-0.3, -0.25) is 0 Å². The zero-order chi connectivity index (χ0) is 21.8. The molecule has 0 aliphatic carbocycles. The van der Waals surface area contributed by atoms with Gasteiger partial charge >= 0.3 is 5.63 Å². The van der Waals surface area contributed by atoms with Crippen molar-refractivity contribution in [1.82, 2.24) is 9.91 Å². The van der Waals surface area contributed by atoms with E-state index in [9.17, 15) is 9.90 Å². The topological polar surface area (TPSA) is 69.3 Å². The molecule has 0 radical (unpaired) electrons. The number of aromatic hydroxyl groups is 1. The molecule has 3 aromatic rings. The van der Waals surface area contributed by atoms with Crippen LogP contribution in [0.5, 0.6) is 5.75 Å². The van der Waals surface area contributed by atoms with Gasteiger partial charge in [0.25, 0.3) is 0 Å². The van der Waals surface area contributed by atoms with E-state index >= 15 is 0 Å². The minimum absolute atomic E-state index is 0.0305. The molecule has 0 spiro atoms. The monoisotopic (exact) mass is 407 g/mol. The van der Waals surface area contributed by atoms with Crippen LogP contribution < -0.4 is 5.63 Å². The highest BCUT2D eigenvalue weighted by Gasteiger charge is 2.33. The van der Waals surface area contributed by atoms with E-state index in [1.165, 1.54) is 0 Å². The summed E-state index contributed by atoms with van der Waals surface area (Å²) in [5.41, 5.74) is 1.91. The van der Waals surface area contributed by atoms with Gasteiger partial charge in [0.2, 0.25) is 0 Å². The van der Waals surface area contributed by atoms with Crippen LogP contribution in [0.4, 0.5) is 0 Å². The fraction of sp³-hybridized carbons (Fsp3) is 0.333. The Labute approximate surface area is 177 Å². The Bertz CT molecular complexity index is 1090. The van der Waals surface area contributed by atoms with Crippen LogP contribution in [0.25, 0.3) is 11.0 Å². The molecule has 3 rings (SSSR count). The summed E-state index contributed by atoms with van der Waals surface area (Å²) < 4.78 is 5.61. The van der Waals surface area contributed by atoms with Crippen molar-refractivity contribution in [3.8, 4) is 5.75 Å². The molecule has 0 fully saturated rings. The first-order chi connectivity index (χ1) is 14.3. The second kappa shape index (κ2) is 9.13. The van der Waals surface area contributed by atoms with Crippen molar-refractivity contribution in [3.63, 3.8) is 0 Å². The number of hydrogen-bond acceptors (Lipinski definition) is 6. The Kier molecular flexibility index (Phi) is 6.57. The Morgan fingerprint density at radius 1 is 1.03 bits per heavy atom. The molecular weight excluding hydrogens is 378 g/mol. The van der Waals surface area contributed by atoms with E-state index in [-0.39, 0.29) is 17.2 Å². The number of para-hydroxylation sites is 1. The van der Waals surface area contributed by atoms with Gasteiger partial charge in [-0.05, 0) is 38.7 Å². The predicted octanol–water partition coefficient (Wildman–Crippen LogP) is 3.75. The Morgan fingerprint density at radius 2 is 1.67 bits per heavy atom. The van der Waals surface area contributed by atoms with Gasteiger partial charge in [-0.1, -0.05) is 42.5 Å². The average Bonchev–Trinajstić information content (AvgIpc) is 2.69. The summed E-state index contributed by atoms with van der Waals surface area (Å²) in [6.07, 6.45) is 0. The second-order valence-electron chi connectivity index (χ2n) is 7.99. The molecule has 2 aromatic carbocycles. The summed E-state index contributed by atoms with van der Waals surface area (Å²) >= 11 is 0. The van der Waals surface area contributed by atoms with E-state index < -0.39 is 11.5 Å². The Morgan fingerprint density at radius 3 is 2.30 bits per heavy atom. The number of nitrogens with zero attached hydrogens (tertiary/aromatic N) is 3. The number of hydrazone groups is 1. The van der Waals surface area contributed by atoms with E-state index in [0.717, 1.165) is 11.3 Å². The maximum atomic E-state index is 13.1. The maximum absolute atomic E-state index is 13.1. The third-order valence-corrected chi connectivity index (χ3v) is 5.15. The lowest BCUT2D eigenvalue weighted by Crippen LogP contribution is -2.35. The minimum Gasteiger partial charge on any atom is -0.507 e. The molecule has 2 atom stereocenters. The van der Waals surface area contributed by atoms with Gasteiger partial charge < -0.3 is 19.4 Å². The SMILES string of the molecule is C/C(=N/N(C)C)[C@H](CN(C)C)[C@@H](c1ccccc1)c1c(O)c2ccccc2oc1=O. The van der Waals surface area contributed by atoms with Gasteiger partial charge in [-0.15, -0.1) is 0 Å². The van der Waals surface area contributed by atoms with Crippen LogP contribution in [0.2, 0.25) is 0 Å². The molecule has 1 aromatic heterocycles. The maximum Gasteiger partial charge on any atom is 0.343 e. The molecule has 0 saturated heterocycles. The molecule has 6 heteroatoms. The summed E-state index contributed by atoms with van der Waals surface area (Å²) in [4.78, 5) is 15.2. The molecule has 0 aliphatic rings. The molecule has 30 heavy (non-hydrogen) atoms. The quantitative estimate of drug-likeness (QED) is 0.367. The van der Waals surface area contributed by atoms with Crippen LogP contribution in [-0.4, -0.2) is 55.5 Å². The second-order valence-corrected chi connectivity index (χ2v) is 7.99. The summed E-state index contributed by atoms with van der Waals surface area (Å²) in [6, 6.07) is 16.8. The van der Waals surface area contributed by atoms with Crippen molar-refractivity contribution >= 4 is 16.7 Å². The molecule has 1 heterocycles. The van der Waals surface area contributed by atoms with Crippen LogP contribution in [0.15, 0.2) is 68.9 Å². The lowest BCUT2D eigenvalue weighted by molar-refractivity contribution is 0.340. The smallest absolute Gasteiger partial charge is 0.343 e. The zero-order valence-electron chi connectivity index (χ0n) is 18.2. The van der Waals surface area contributed by atoms with E-state index in [1.54, 1.807) is 23.2 Å². The van der Waals surface area contributed by atoms with Crippen molar-refractivity contribution < 1.29 is 9.52 Å². The summed E-state index contributed by atoms with van der Waals surface area (Å²) in [7, 11) is 7.71. The van der Waals surface area contributed by atoms with E-state index in [2.05, 4.69) is 10.0 Å². The van der Waals surface area contributed by atoms with Gasteiger partial charge in [0.15, 0.2) is 0 Å². The lowest BCUT2D eigenvalue weighted by Gasteiger charge is -2.30. The summed E-state index contributed by atoms with van der Waals surface area (Å²) in [6.45, 7) is 2.61. The third kappa shape index (κ3) is 4.54. The number of rotatable bonds is 7. The van der Waals surface area contributed by atoms with Crippen LogP contribution >= 0.6 is 0 Å². The van der Waals surface area contributed by atoms with Crippen molar-refractivity contribution in [1.29, 1.82) is 0 Å². The van der Waals surface area contributed by atoms with Gasteiger partial charge in [-0.25, -0.2) is 4.79 Å². The van der Waals surface area contributed by atoms with Crippen LogP contribution in [0, 0.1) is 5.92 Å². The zero-order valence-corrected chi connectivity index (χ0v) is 18.2. The number of fused-ring (bicyclic) bond motifs is 1. The number of hydrogen-bond donors (Lipinski definition) is 1. The molecule has 1 N–H and O–H groups in total. The van der Waals surface area contributed by atoms with Crippen molar-refractivity contribution in [2.75, 3.05) is 34.7 Å². The standard InChI is InChI=1S/C24H29N3O3/c1-16(25-27(4)5)19(15-26(2)3)21(17-11-7-6-8-12-17)22-23(28)18-13-9-10-14-20(18)30-24(22)29/h6-14,19,21,28H,15H2,1-5H3/b25-16-/t19-,21+/m0/s1. The molecule has 0 unspecified atom stereocenters. The highest BCUT2D eigenvalue weighted by atomic mass is 16.4. The molecule has 6 nitrogen and oxygen atoms in total. The Hall–Kier alpha value is -3.12. The summed E-state index contributed by atoms with van der Waals surface area (Å²) in [5, 5.41) is 18.1. The van der Waals surface area contributed by atoms with Crippen LogP contribution in [-0.2, 0) is 0 Å². The Balaban J connectivity index is 2.31. The van der Waals surface area contributed by atoms with Crippen molar-refractivity contribution in [3.05, 3.63) is 76.1 Å². The largest absolute Gasteiger partial charge is 0.507 e. The van der Waals surface area contributed by atoms with Crippen LogP contribution in [0.3, 0.4) is 0 Å². The molecule has 158 valence electrons. The molecular formula is C24H29N3O3. The minimum atomic E-state index is -0.526. The van der Waals surface area contributed by atoms with Crippen molar-refractivity contribution in [2.45, 2.75) is 12.8 Å². The van der Waals surface area contributed by atoms with E-state index in [0.29, 0.717) is 17.5 Å². The first kappa shape index (κ1) is 21.6. The van der Waals surface area contributed by atoms with Crippen molar-refractivity contribution in [2.24, 2.45) is 11.0 Å². The highest BCUT2D eigenvalue weighted by Crippen LogP contribution is 2.39. The van der Waals surface area contributed by atoms with Gasteiger partial charge in [0.1, 0.15) is 11.3 Å². The lowest BCUT2D eigenvalue weighted by atomic mass is 9.78. The molecule has 0 bridgehead atoms. The molecule has 0 saturated carbocycles. The van der Waals surface area contributed by atoms with Gasteiger partial charge in [0.05, 0.1) is 10.9 Å². The first-order valence-electron chi connectivity index (χ1n) is 9.96. The predicted molar refractivity (Wildman–Crippen MR) is 121 cm³/mol.